The summed E-state index contributed by atoms with van der Waals surface area (Å²) in [6.45, 7) is 4.59. The van der Waals surface area contributed by atoms with Crippen molar-refractivity contribution < 1.29 is 9.90 Å². The number of aliphatic hydroxyl groups excluding tert-OH is 1. The molecule has 0 spiro atoms. The van der Waals surface area contributed by atoms with Gasteiger partial charge in [0.2, 0.25) is 5.91 Å². The van der Waals surface area contributed by atoms with Crippen LogP contribution in [0.25, 0.3) is 0 Å². The van der Waals surface area contributed by atoms with Crippen LogP contribution in [0.3, 0.4) is 0 Å². The third kappa shape index (κ3) is 3.56. The second kappa shape index (κ2) is 6.83. The SMILES string of the molecule is CCN(C(=O)Cn1cc(C(C)O)nn1)C1CCCCC1. The summed E-state index contributed by atoms with van der Waals surface area (Å²) in [4.78, 5) is 14.4. The fourth-order valence-electron chi connectivity index (χ4n) is 2.84. The Bertz CT molecular complexity index is 438. The molecular formula is C14H24N4O2. The van der Waals surface area contributed by atoms with Gasteiger partial charge in [-0.3, -0.25) is 4.79 Å². The summed E-state index contributed by atoms with van der Waals surface area (Å²) in [5, 5.41) is 17.2. The Morgan fingerprint density at radius 2 is 2.20 bits per heavy atom. The maximum Gasteiger partial charge on any atom is 0.244 e. The van der Waals surface area contributed by atoms with Gasteiger partial charge in [0.1, 0.15) is 12.2 Å². The number of likely N-dealkylation sites (N-methyl/N-ethyl adjacent to an activating group) is 1. The van der Waals surface area contributed by atoms with Gasteiger partial charge in [0.05, 0.1) is 12.3 Å². The van der Waals surface area contributed by atoms with E-state index in [-0.39, 0.29) is 12.5 Å². The first-order valence-electron chi connectivity index (χ1n) is 7.49. The van der Waals surface area contributed by atoms with Gasteiger partial charge in [0, 0.05) is 12.6 Å². The molecule has 1 N–H and O–H groups in total. The van der Waals surface area contributed by atoms with Crippen molar-refractivity contribution >= 4 is 5.91 Å². The number of hydrogen-bond acceptors (Lipinski definition) is 4. The van der Waals surface area contributed by atoms with E-state index in [0.29, 0.717) is 11.7 Å². The highest BCUT2D eigenvalue weighted by Crippen LogP contribution is 2.22. The molecule has 20 heavy (non-hydrogen) atoms. The summed E-state index contributed by atoms with van der Waals surface area (Å²) in [6, 6.07) is 0.376. The molecule has 1 saturated carbocycles. The zero-order valence-corrected chi connectivity index (χ0v) is 12.3. The molecule has 1 amide bonds. The summed E-state index contributed by atoms with van der Waals surface area (Å²) in [5.74, 6) is 0.0847. The molecule has 1 fully saturated rings. The lowest BCUT2D eigenvalue weighted by molar-refractivity contribution is -0.134. The summed E-state index contributed by atoms with van der Waals surface area (Å²) in [6.07, 6.45) is 6.90. The van der Waals surface area contributed by atoms with Crippen molar-refractivity contribution in [3.63, 3.8) is 0 Å². The summed E-state index contributed by atoms with van der Waals surface area (Å²) < 4.78 is 1.51. The fourth-order valence-corrected chi connectivity index (χ4v) is 2.84. The molecule has 0 bridgehead atoms. The highest BCUT2D eigenvalue weighted by molar-refractivity contribution is 5.76. The second-order valence-corrected chi connectivity index (χ2v) is 5.49. The molecule has 1 heterocycles. The quantitative estimate of drug-likeness (QED) is 0.887. The van der Waals surface area contributed by atoms with Crippen molar-refractivity contribution in [2.45, 2.75) is 64.6 Å². The molecule has 1 aromatic rings. The zero-order valence-electron chi connectivity index (χ0n) is 12.3. The number of aliphatic hydroxyl groups is 1. The first-order valence-corrected chi connectivity index (χ1v) is 7.49. The third-order valence-electron chi connectivity index (χ3n) is 3.96. The minimum Gasteiger partial charge on any atom is -0.387 e. The van der Waals surface area contributed by atoms with Crippen LogP contribution in [0.15, 0.2) is 6.20 Å². The van der Waals surface area contributed by atoms with Crippen LogP contribution in [0.5, 0.6) is 0 Å². The van der Waals surface area contributed by atoms with Gasteiger partial charge < -0.3 is 10.0 Å². The van der Waals surface area contributed by atoms with Crippen LogP contribution in [0.1, 0.15) is 57.7 Å². The van der Waals surface area contributed by atoms with Crippen molar-refractivity contribution in [2.24, 2.45) is 0 Å². The van der Waals surface area contributed by atoms with Crippen molar-refractivity contribution in [1.29, 1.82) is 0 Å². The van der Waals surface area contributed by atoms with E-state index >= 15 is 0 Å². The summed E-state index contributed by atoms with van der Waals surface area (Å²) in [5.41, 5.74) is 0.499. The Labute approximate surface area is 119 Å². The van der Waals surface area contributed by atoms with Crippen LogP contribution in [0.4, 0.5) is 0 Å². The Hall–Kier alpha value is -1.43. The fraction of sp³-hybridized carbons (Fsp3) is 0.786. The average molecular weight is 280 g/mol. The van der Waals surface area contributed by atoms with E-state index in [4.69, 9.17) is 0 Å². The number of amides is 1. The van der Waals surface area contributed by atoms with E-state index in [1.807, 2.05) is 11.8 Å². The molecule has 6 heteroatoms. The van der Waals surface area contributed by atoms with Gasteiger partial charge in [-0.2, -0.15) is 0 Å². The van der Waals surface area contributed by atoms with Crippen LogP contribution in [0.2, 0.25) is 0 Å². The van der Waals surface area contributed by atoms with Crippen molar-refractivity contribution in [1.82, 2.24) is 19.9 Å². The number of nitrogens with zero attached hydrogens (tertiary/aromatic N) is 4. The standard InChI is InChI=1S/C14H24N4O2/c1-3-18(12-7-5-4-6-8-12)14(20)10-17-9-13(11(2)19)15-16-17/h9,11-12,19H,3-8,10H2,1-2H3. The van der Waals surface area contributed by atoms with Gasteiger partial charge in [-0.15, -0.1) is 5.10 Å². The van der Waals surface area contributed by atoms with Gasteiger partial charge in [-0.25, -0.2) is 4.68 Å². The van der Waals surface area contributed by atoms with Crippen LogP contribution in [0, 0.1) is 0 Å². The van der Waals surface area contributed by atoms with E-state index in [2.05, 4.69) is 10.3 Å². The minimum atomic E-state index is -0.653. The van der Waals surface area contributed by atoms with Crippen molar-refractivity contribution in [3.05, 3.63) is 11.9 Å². The maximum absolute atomic E-state index is 12.4. The van der Waals surface area contributed by atoms with Crippen LogP contribution in [-0.2, 0) is 11.3 Å². The summed E-state index contributed by atoms with van der Waals surface area (Å²) in [7, 11) is 0. The first-order chi connectivity index (χ1) is 9.61. The Balaban J connectivity index is 1.97. The highest BCUT2D eigenvalue weighted by Gasteiger charge is 2.24. The van der Waals surface area contributed by atoms with Crippen molar-refractivity contribution in [3.8, 4) is 0 Å². The molecule has 1 aliphatic carbocycles. The lowest BCUT2D eigenvalue weighted by atomic mass is 9.94. The number of rotatable bonds is 5. The molecule has 0 saturated heterocycles. The molecule has 6 nitrogen and oxygen atoms in total. The molecule has 2 rings (SSSR count). The van der Waals surface area contributed by atoms with E-state index in [9.17, 15) is 9.90 Å². The molecule has 0 aromatic carbocycles. The average Bonchev–Trinajstić information content (AvgIpc) is 2.89. The monoisotopic (exact) mass is 280 g/mol. The number of carbonyl (C=O) groups is 1. The number of aromatic nitrogens is 3. The smallest absolute Gasteiger partial charge is 0.244 e. The van der Waals surface area contributed by atoms with Crippen LogP contribution in [-0.4, -0.2) is 43.5 Å². The first kappa shape index (κ1) is 15.0. The predicted molar refractivity (Wildman–Crippen MR) is 74.9 cm³/mol. The van der Waals surface area contributed by atoms with E-state index in [1.54, 1.807) is 13.1 Å². The third-order valence-corrected chi connectivity index (χ3v) is 3.96. The molecular weight excluding hydrogens is 256 g/mol. The minimum absolute atomic E-state index is 0.0847. The van der Waals surface area contributed by atoms with E-state index in [0.717, 1.165) is 19.4 Å². The molecule has 1 unspecified atom stereocenters. The van der Waals surface area contributed by atoms with Gasteiger partial charge in [-0.05, 0) is 26.7 Å². The van der Waals surface area contributed by atoms with Gasteiger partial charge in [-0.1, -0.05) is 24.5 Å². The maximum atomic E-state index is 12.4. The highest BCUT2D eigenvalue weighted by atomic mass is 16.3. The molecule has 0 aliphatic heterocycles. The van der Waals surface area contributed by atoms with Gasteiger partial charge in [0.15, 0.2) is 0 Å². The van der Waals surface area contributed by atoms with Crippen molar-refractivity contribution in [2.75, 3.05) is 6.54 Å². The number of carbonyl (C=O) groups excluding carboxylic acids is 1. The lowest BCUT2D eigenvalue weighted by Gasteiger charge is -2.33. The second-order valence-electron chi connectivity index (χ2n) is 5.49. The molecule has 1 aromatic heterocycles. The molecule has 112 valence electrons. The normalized spacial score (nSPS) is 17.9. The Morgan fingerprint density at radius 3 is 2.75 bits per heavy atom. The van der Waals surface area contributed by atoms with Crippen LogP contribution >= 0.6 is 0 Å². The van der Waals surface area contributed by atoms with Gasteiger partial charge >= 0.3 is 0 Å². The Morgan fingerprint density at radius 1 is 1.50 bits per heavy atom. The molecule has 1 atom stereocenters. The van der Waals surface area contributed by atoms with Crippen LogP contribution < -0.4 is 0 Å². The largest absolute Gasteiger partial charge is 0.387 e. The zero-order chi connectivity index (χ0) is 14.5. The molecule has 0 radical (unpaired) electrons. The molecule has 1 aliphatic rings. The topological polar surface area (TPSA) is 71.2 Å². The van der Waals surface area contributed by atoms with Gasteiger partial charge in [0.25, 0.3) is 0 Å². The lowest BCUT2D eigenvalue weighted by Crippen LogP contribution is -2.43. The Kier molecular flexibility index (Phi) is 5.11. The predicted octanol–water partition coefficient (Wildman–Crippen LogP) is 1.51. The number of hydrogen-bond donors (Lipinski definition) is 1. The van der Waals surface area contributed by atoms with E-state index < -0.39 is 6.10 Å². The van der Waals surface area contributed by atoms with E-state index in [1.165, 1.54) is 23.9 Å². The summed E-state index contributed by atoms with van der Waals surface area (Å²) >= 11 is 0.